The smallest absolute Gasteiger partial charge is 0.338 e. The molecule has 0 aliphatic heterocycles. The van der Waals surface area contributed by atoms with Gasteiger partial charge in [0, 0.05) is 10.0 Å². The van der Waals surface area contributed by atoms with E-state index in [4.69, 9.17) is 4.74 Å². The molecule has 0 aromatic heterocycles. The molecule has 1 amide bonds. The van der Waals surface area contributed by atoms with Gasteiger partial charge in [-0.3, -0.25) is 4.79 Å². The third-order valence-corrected chi connectivity index (χ3v) is 6.33. The number of amides is 1. The highest BCUT2D eigenvalue weighted by atomic mass is 79.9. The molecule has 0 heterocycles. The zero-order valence-electron chi connectivity index (χ0n) is 13.6. The summed E-state index contributed by atoms with van der Waals surface area (Å²) in [4.78, 5) is 24.4. The van der Waals surface area contributed by atoms with Crippen LogP contribution < -0.4 is 5.32 Å². The second-order valence-corrected chi connectivity index (χ2v) is 8.75. The summed E-state index contributed by atoms with van der Waals surface area (Å²) in [6.45, 7) is -0.201. The topological polar surface area (TPSA) is 55.4 Å². The Labute approximate surface area is 150 Å². The lowest BCUT2D eigenvalue weighted by molar-refractivity contribution is -0.130. The van der Waals surface area contributed by atoms with Crippen molar-refractivity contribution in [2.45, 2.75) is 44.1 Å². The molecule has 4 nitrogen and oxygen atoms in total. The van der Waals surface area contributed by atoms with Crippen molar-refractivity contribution >= 4 is 27.8 Å². The number of halogens is 1. The minimum atomic E-state index is -0.461. The Kier molecular flexibility index (Phi) is 4.15. The van der Waals surface area contributed by atoms with Crippen LogP contribution in [0.4, 0.5) is 0 Å². The third kappa shape index (κ3) is 3.23. The van der Waals surface area contributed by atoms with Gasteiger partial charge in [-0.05, 0) is 74.5 Å². The van der Waals surface area contributed by atoms with Gasteiger partial charge in [0.1, 0.15) is 0 Å². The summed E-state index contributed by atoms with van der Waals surface area (Å²) in [5, 5.41) is 3.22. The highest BCUT2D eigenvalue weighted by Crippen LogP contribution is 2.55. The third-order valence-electron chi connectivity index (χ3n) is 5.84. The van der Waals surface area contributed by atoms with E-state index in [1.54, 1.807) is 18.2 Å². The second-order valence-electron chi connectivity index (χ2n) is 7.83. The van der Waals surface area contributed by atoms with Crippen molar-refractivity contribution in [2.24, 2.45) is 17.8 Å². The summed E-state index contributed by atoms with van der Waals surface area (Å²) in [6.07, 6.45) is 7.33. The van der Waals surface area contributed by atoms with Crippen LogP contribution in [0.3, 0.4) is 0 Å². The van der Waals surface area contributed by atoms with Crippen LogP contribution in [0.2, 0.25) is 0 Å². The van der Waals surface area contributed by atoms with Crippen LogP contribution in [0.5, 0.6) is 0 Å². The zero-order valence-corrected chi connectivity index (χ0v) is 15.2. The van der Waals surface area contributed by atoms with Crippen LogP contribution in [-0.4, -0.2) is 24.0 Å². The van der Waals surface area contributed by atoms with Gasteiger partial charge in [0.25, 0.3) is 5.91 Å². The number of ether oxygens (including phenoxy) is 1. The van der Waals surface area contributed by atoms with Crippen molar-refractivity contribution in [1.82, 2.24) is 5.32 Å². The predicted molar refractivity (Wildman–Crippen MR) is 93.5 cm³/mol. The molecule has 1 N–H and O–H groups in total. The maximum absolute atomic E-state index is 12.3. The van der Waals surface area contributed by atoms with Gasteiger partial charge >= 0.3 is 5.97 Å². The molecule has 0 saturated heterocycles. The summed E-state index contributed by atoms with van der Waals surface area (Å²) in [5.74, 6) is 1.71. The van der Waals surface area contributed by atoms with E-state index in [9.17, 15) is 9.59 Å². The molecule has 0 radical (unpaired) electrons. The lowest BCUT2D eigenvalue weighted by Gasteiger charge is -2.56. The molecule has 1 aromatic carbocycles. The van der Waals surface area contributed by atoms with Gasteiger partial charge in [0.05, 0.1) is 5.56 Å². The van der Waals surface area contributed by atoms with Crippen molar-refractivity contribution in [2.75, 3.05) is 6.61 Å². The maximum atomic E-state index is 12.3. The van der Waals surface area contributed by atoms with Gasteiger partial charge in [-0.15, -0.1) is 0 Å². The number of benzene rings is 1. The highest BCUT2D eigenvalue weighted by Gasteiger charge is 2.51. The van der Waals surface area contributed by atoms with E-state index < -0.39 is 5.97 Å². The van der Waals surface area contributed by atoms with E-state index in [1.165, 1.54) is 19.3 Å². The molecule has 128 valence electrons. The predicted octanol–water partition coefficient (Wildman–Crippen LogP) is 3.69. The second kappa shape index (κ2) is 6.17. The number of rotatable bonds is 4. The standard InChI is InChI=1S/C19H22BrNO3/c20-16-3-1-2-15(7-16)18(23)24-11-17(22)21-19-8-12-4-13(9-19)6-14(5-12)10-19/h1-3,7,12-14H,4-6,8-11H2,(H,21,22). The van der Waals surface area contributed by atoms with E-state index in [2.05, 4.69) is 21.2 Å². The minimum absolute atomic E-state index is 0.0337. The number of hydrogen-bond acceptors (Lipinski definition) is 3. The Hall–Kier alpha value is -1.36. The molecular formula is C19H22BrNO3. The molecule has 0 atom stereocenters. The number of hydrogen-bond donors (Lipinski definition) is 1. The Morgan fingerprint density at radius 1 is 1.12 bits per heavy atom. The molecule has 4 saturated carbocycles. The fourth-order valence-corrected chi connectivity index (χ4v) is 5.82. The molecule has 4 aliphatic rings. The monoisotopic (exact) mass is 391 g/mol. The quantitative estimate of drug-likeness (QED) is 0.796. The van der Waals surface area contributed by atoms with Crippen LogP contribution in [-0.2, 0) is 9.53 Å². The van der Waals surface area contributed by atoms with Crippen molar-refractivity contribution < 1.29 is 14.3 Å². The van der Waals surface area contributed by atoms with Gasteiger partial charge in [-0.25, -0.2) is 4.79 Å². The van der Waals surface area contributed by atoms with Gasteiger partial charge in [-0.2, -0.15) is 0 Å². The van der Waals surface area contributed by atoms with Crippen molar-refractivity contribution in [3.05, 3.63) is 34.3 Å². The molecule has 24 heavy (non-hydrogen) atoms. The molecule has 0 unspecified atom stereocenters. The van der Waals surface area contributed by atoms with Gasteiger partial charge < -0.3 is 10.1 Å². The van der Waals surface area contributed by atoms with Crippen molar-refractivity contribution in [3.63, 3.8) is 0 Å². The number of carbonyl (C=O) groups is 2. The van der Waals surface area contributed by atoms with Crippen LogP contribution in [0.25, 0.3) is 0 Å². The molecule has 5 rings (SSSR count). The first kappa shape index (κ1) is 16.1. The van der Waals surface area contributed by atoms with Crippen molar-refractivity contribution in [1.29, 1.82) is 0 Å². The Bertz CT molecular complexity index is 637. The average Bonchev–Trinajstić information content (AvgIpc) is 2.50. The molecule has 1 aromatic rings. The van der Waals surface area contributed by atoms with E-state index in [0.717, 1.165) is 41.5 Å². The summed E-state index contributed by atoms with van der Waals surface area (Å²) in [6, 6.07) is 7.00. The maximum Gasteiger partial charge on any atom is 0.338 e. The number of nitrogens with one attached hydrogen (secondary N) is 1. The first-order valence-corrected chi connectivity index (χ1v) is 9.54. The van der Waals surface area contributed by atoms with Crippen LogP contribution >= 0.6 is 15.9 Å². The fourth-order valence-electron chi connectivity index (χ4n) is 5.43. The number of carbonyl (C=O) groups excluding carboxylic acids is 2. The summed E-state index contributed by atoms with van der Waals surface area (Å²) in [7, 11) is 0. The normalized spacial score (nSPS) is 33.3. The van der Waals surface area contributed by atoms with Gasteiger partial charge in [-0.1, -0.05) is 22.0 Å². The fraction of sp³-hybridized carbons (Fsp3) is 0.579. The number of esters is 1. The minimum Gasteiger partial charge on any atom is -0.452 e. The van der Waals surface area contributed by atoms with Crippen LogP contribution in [0.15, 0.2) is 28.7 Å². The lowest BCUT2D eigenvalue weighted by Crippen LogP contribution is -2.60. The molecule has 5 heteroatoms. The van der Waals surface area contributed by atoms with E-state index in [-0.39, 0.29) is 18.1 Å². The Balaban J connectivity index is 1.33. The molecule has 4 bridgehead atoms. The van der Waals surface area contributed by atoms with Crippen molar-refractivity contribution in [3.8, 4) is 0 Å². The molecule has 4 fully saturated rings. The molecular weight excluding hydrogens is 370 g/mol. The highest BCUT2D eigenvalue weighted by molar-refractivity contribution is 9.10. The molecule has 4 aliphatic carbocycles. The first-order chi connectivity index (χ1) is 11.5. The van der Waals surface area contributed by atoms with Gasteiger partial charge in [0.15, 0.2) is 6.61 Å². The van der Waals surface area contributed by atoms with Gasteiger partial charge in [0.2, 0.25) is 0 Å². The van der Waals surface area contributed by atoms with Crippen LogP contribution in [0, 0.1) is 17.8 Å². The SMILES string of the molecule is O=C(COC(=O)c1cccc(Br)c1)NC12CC3CC(CC(C3)C1)C2. The first-order valence-electron chi connectivity index (χ1n) is 8.75. The summed E-state index contributed by atoms with van der Waals surface area (Å²) < 4.78 is 6.00. The Morgan fingerprint density at radius 3 is 2.33 bits per heavy atom. The van der Waals surface area contributed by atoms with E-state index >= 15 is 0 Å². The largest absolute Gasteiger partial charge is 0.452 e. The molecule has 0 spiro atoms. The van der Waals surface area contributed by atoms with Crippen LogP contribution in [0.1, 0.15) is 48.9 Å². The summed E-state index contributed by atoms with van der Waals surface area (Å²) in [5.41, 5.74) is 0.417. The van der Waals surface area contributed by atoms with E-state index in [1.807, 2.05) is 6.07 Å². The van der Waals surface area contributed by atoms with E-state index in [0.29, 0.717) is 5.56 Å². The lowest BCUT2D eigenvalue weighted by atomic mass is 9.53. The zero-order chi connectivity index (χ0) is 16.7. The summed E-state index contributed by atoms with van der Waals surface area (Å²) >= 11 is 3.33. The average molecular weight is 392 g/mol. The Morgan fingerprint density at radius 2 is 1.75 bits per heavy atom.